The molecule has 0 aliphatic rings. The van der Waals surface area contributed by atoms with Gasteiger partial charge in [-0.05, 0) is 6.42 Å². The highest BCUT2D eigenvalue weighted by Gasteiger charge is 2.15. The van der Waals surface area contributed by atoms with Crippen LogP contribution >= 0.6 is 0 Å². The SMILES string of the molecule is CCCCCCCCCCCCCCCCCCOCC(C[n+]1ccccc1)OCOCCOC. The second-order valence-corrected chi connectivity index (χ2v) is 9.76. The monoisotopic (exact) mass is 494 g/mol. The Morgan fingerprint density at radius 3 is 1.69 bits per heavy atom. The molecule has 1 heterocycles. The van der Waals surface area contributed by atoms with Crippen LogP contribution in [0.2, 0.25) is 0 Å². The molecule has 0 bridgehead atoms. The second kappa shape index (κ2) is 26.1. The lowest BCUT2D eigenvalue weighted by Crippen LogP contribution is -2.42. The molecule has 0 amide bonds. The minimum atomic E-state index is -0.0222. The third-order valence-corrected chi connectivity index (χ3v) is 6.46. The maximum absolute atomic E-state index is 5.95. The van der Waals surface area contributed by atoms with E-state index in [1.165, 1.54) is 96.3 Å². The molecule has 1 aromatic rings. The van der Waals surface area contributed by atoms with Crippen molar-refractivity contribution in [3.63, 3.8) is 0 Å². The van der Waals surface area contributed by atoms with Crippen LogP contribution in [-0.2, 0) is 25.5 Å². The standard InChI is InChI=1S/C30H56NO4/c1-3-4-5-6-7-8-9-10-11-12-13-14-15-16-17-21-24-33-28-30(35-29-34-26-25-32-2)27-31-22-19-18-20-23-31/h18-20,22-23,30H,3-17,21,24-29H2,1-2H3/q+1. The Bertz CT molecular complexity index is 528. The van der Waals surface area contributed by atoms with Crippen LogP contribution in [0.3, 0.4) is 0 Å². The van der Waals surface area contributed by atoms with Crippen molar-refractivity contribution in [2.75, 3.05) is 40.3 Å². The van der Waals surface area contributed by atoms with Crippen molar-refractivity contribution in [3.8, 4) is 0 Å². The molecule has 1 rings (SSSR count). The van der Waals surface area contributed by atoms with Crippen LogP contribution in [0, 0.1) is 0 Å². The highest BCUT2D eigenvalue weighted by molar-refractivity contribution is 4.83. The van der Waals surface area contributed by atoms with E-state index in [2.05, 4.69) is 23.9 Å². The third-order valence-electron chi connectivity index (χ3n) is 6.46. The lowest BCUT2D eigenvalue weighted by Gasteiger charge is -2.16. The zero-order valence-electron chi connectivity index (χ0n) is 23.1. The number of methoxy groups -OCH3 is 1. The molecule has 5 heteroatoms. The highest BCUT2D eigenvalue weighted by Crippen LogP contribution is 2.13. The molecule has 0 saturated carbocycles. The Kier molecular flexibility index (Phi) is 23.8. The van der Waals surface area contributed by atoms with Gasteiger partial charge in [-0.2, -0.15) is 0 Å². The van der Waals surface area contributed by atoms with E-state index >= 15 is 0 Å². The summed E-state index contributed by atoms with van der Waals surface area (Å²) in [7, 11) is 1.67. The Hall–Kier alpha value is -1.01. The lowest BCUT2D eigenvalue weighted by molar-refractivity contribution is -0.704. The Morgan fingerprint density at radius 1 is 0.600 bits per heavy atom. The van der Waals surface area contributed by atoms with E-state index in [0.29, 0.717) is 19.8 Å². The largest absolute Gasteiger partial charge is 0.382 e. The van der Waals surface area contributed by atoms with Gasteiger partial charge in [0, 0.05) is 25.8 Å². The van der Waals surface area contributed by atoms with Gasteiger partial charge in [-0.3, -0.25) is 0 Å². The summed E-state index contributed by atoms with van der Waals surface area (Å²) in [5, 5.41) is 0. The first-order valence-electron chi connectivity index (χ1n) is 14.6. The predicted octanol–water partition coefficient (Wildman–Crippen LogP) is 7.26. The van der Waals surface area contributed by atoms with Gasteiger partial charge in [0.25, 0.3) is 0 Å². The first-order valence-corrected chi connectivity index (χ1v) is 14.6. The van der Waals surface area contributed by atoms with Crippen molar-refractivity contribution in [1.82, 2.24) is 0 Å². The molecule has 5 nitrogen and oxygen atoms in total. The van der Waals surface area contributed by atoms with Crippen molar-refractivity contribution in [1.29, 1.82) is 0 Å². The fourth-order valence-electron chi connectivity index (χ4n) is 4.26. The number of pyridine rings is 1. The zero-order chi connectivity index (χ0) is 25.1. The first kappa shape index (κ1) is 32.0. The van der Waals surface area contributed by atoms with Gasteiger partial charge in [-0.1, -0.05) is 109 Å². The molecule has 0 N–H and O–H groups in total. The van der Waals surface area contributed by atoms with Crippen LogP contribution in [0.25, 0.3) is 0 Å². The molecular formula is C30H56NO4+. The number of unbranched alkanes of at least 4 members (excludes halogenated alkanes) is 15. The van der Waals surface area contributed by atoms with E-state index in [9.17, 15) is 0 Å². The molecule has 0 aliphatic heterocycles. The third kappa shape index (κ3) is 22.0. The maximum atomic E-state index is 5.95. The Labute approximate surface area is 216 Å². The number of hydrogen-bond acceptors (Lipinski definition) is 4. The van der Waals surface area contributed by atoms with Crippen LogP contribution in [-0.4, -0.2) is 46.4 Å². The van der Waals surface area contributed by atoms with Crippen molar-refractivity contribution in [2.45, 2.75) is 122 Å². The van der Waals surface area contributed by atoms with Crippen LogP contribution in [0.15, 0.2) is 30.6 Å². The van der Waals surface area contributed by atoms with Gasteiger partial charge in [-0.15, -0.1) is 0 Å². The van der Waals surface area contributed by atoms with Crippen molar-refractivity contribution in [2.24, 2.45) is 0 Å². The van der Waals surface area contributed by atoms with Crippen molar-refractivity contribution >= 4 is 0 Å². The molecule has 1 atom stereocenters. The van der Waals surface area contributed by atoms with Crippen molar-refractivity contribution in [3.05, 3.63) is 30.6 Å². The van der Waals surface area contributed by atoms with E-state index < -0.39 is 0 Å². The summed E-state index contributed by atoms with van der Waals surface area (Å²) in [4.78, 5) is 0. The number of hydrogen-bond donors (Lipinski definition) is 0. The number of rotatable bonds is 27. The summed E-state index contributed by atoms with van der Waals surface area (Å²) in [5.74, 6) is 0. The molecule has 0 aliphatic carbocycles. The summed E-state index contributed by atoms with van der Waals surface area (Å²) in [5.41, 5.74) is 0. The van der Waals surface area contributed by atoms with Gasteiger partial charge in [0.15, 0.2) is 18.9 Å². The quantitative estimate of drug-likeness (QED) is 0.0733. The normalized spacial score (nSPS) is 12.3. The van der Waals surface area contributed by atoms with E-state index in [-0.39, 0.29) is 12.9 Å². The summed E-state index contributed by atoms with van der Waals surface area (Å²) in [6.07, 6.45) is 26.3. The molecule has 0 spiro atoms. The maximum Gasteiger partial charge on any atom is 0.176 e. The van der Waals surface area contributed by atoms with Crippen LogP contribution in [0.4, 0.5) is 0 Å². The van der Waals surface area contributed by atoms with E-state index in [1.54, 1.807) is 7.11 Å². The fourth-order valence-corrected chi connectivity index (χ4v) is 4.26. The van der Waals surface area contributed by atoms with E-state index in [1.807, 2.05) is 18.2 Å². The minimum absolute atomic E-state index is 0.0222. The molecule has 0 radical (unpaired) electrons. The summed E-state index contributed by atoms with van der Waals surface area (Å²) in [6, 6.07) is 6.08. The number of aromatic nitrogens is 1. The zero-order valence-corrected chi connectivity index (χ0v) is 23.1. The van der Waals surface area contributed by atoms with Gasteiger partial charge in [0.1, 0.15) is 12.9 Å². The summed E-state index contributed by atoms with van der Waals surface area (Å²) in [6.45, 7) is 5.84. The predicted molar refractivity (Wildman–Crippen MR) is 145 cm³/mol. The summed E-state index contributed by atoms with van der Waals surface area (Å²) >= 11 is 0. The van der Waals surface area contributed by atoms with Gasteiger partial charge >= 0.3 is 0 Å². The molecule has 0 aromatic carbocycles. The van der Waals surface area contributed by atoms with Crippen molar-refractivity contribution < 1.29 is 23.5 Å². The molecule has 1 unspecified atom stereocenters. The summed E-state index contributed by atoms with van der Waals surface area (Å²) < 4.78 is 24.4. The van der Waals surface area contributed by atoms with Crippen LogP contribution < -0.4 is 4.57 Å². The van der Waals surface area contributed by atoms with Gasteiger partial charge < -0.3 is 18.9 Å². The van der Waals surface area contributed by atoms with E-state index in [4.69, 9.17) is 18.9 Å². The molecular weight excluding hydrogens is 438 g/mol. The topological polar surface area (TPSA) is 40.8 Å². The molecule has 35 heavy (non-hydrogen) atoms. The number of nitrogens with zero attached hydrogens (tertiary/aromatic N) is 1. The average Bonchev–Trinajstić information content (AvgIpc) is 2.88. The highest BCUT2D eigenvalue weighted by atomic mass is 16.7. The first-order chi connectivity index (χ1) is 17.4. The average molecular weight is 495 g/mol. The lowest BCUT2D eigenvalue weighted by atomic mass is 10.0. The molecule has 204 valence electrons. The Morgan fingerprint density at radius 2 is 1.14 bits per heavy atom. The smallest absolute Gasteiger partial charge is 0.176 e. The second-order valence-electron chi connectivity index (χ2n) is 9.76. The Balaban J connectivity index is 1.93. The van der Waals surface area contributed by atoms with Gasteiger partial charge in [0.2, 0.25) is 0 Å². The van der Waals surface area contributed by atoms with Crippen LogP contribution in [0.5, 0.6) is 0 Å². The van der Waals surface area contributed by atoms with Gasteiger partial charge in [0.05, 0.1) is 19.8 Å². The van der Waals surface area contributed by atoms with E-state index in [0.717, 1.165) is 19.6 Å². The molecule has 0 fully saturated rings. The molecule has 1 aromatic heterocycles. The fraction of sp³-hybridized carbons (Fsp3) is 0.833. The number of ether oxygens (including phenoxy) is 4. The van der Waals surface area contributed by atoms with Gasteiger partial charge in [-0.25, -0.2) is 4.57 Å². The molecule has 0 saturated heterocycles. The van der Waals surface area contributed by atoms with Crippen LogP contribution in [0.1, 0.15) is 110 Å². The minimum Gasteiger partial charge on any atom is -0.382 e.